The molecule has 1 aliphatic heterocycles. The second-order valence-electron chi connectivity index (χ2n) is 3.91. The largest absolute Gasteiger partial charge is 0.314 e. The summed E-state index contributed by atoms with van der Waals surface area (Å²) in [6.45, 7) is 1.35. The van der Waals surface area contributed by atoms with E-state index in [1.165, 1.54) is 6.33 Å². The van der Waals surface area contributed by atoms with Crippen molar-refractivity contribution in [3.05, 3.63) is 12.2 Å². The van der Waals surface area contributed by atoms with Crippen LogP contribution < -0.4 is 5.32 Å². The van der Waals surface area contributed by atoms with Gasteiger partial charge in [-0.15, -0.1) is 0 Å². The summed E-state index contributed by atoms with van der Waals surface area (Å²) in [7, 11) is 1.79. The minimum atomic E-state index is -1.14. The molecule has 14 heavy (non-hydrogen) atoms. The van der Waals surface area contributed by atoms with Crippen LogP contribution in [0.3, 0.4) is 0 Å². The SMILES string of the molecule is Cn1ncnc1CC1(F)CCCNC1. The number of hydrogen-bond donors (Lipinski definition) is 1. The Bertz CT molecular complexity index is 304. The van der Waals surface area contributed by atoms with Gasteiger partial charge in [0, 0.05) is 20.0 Å². The van der Waals surface area contributed by atoms with E-state index in [2.05, 4.69) is 15.4 Å². The molecule has 78 valence electrons. The number of hydrogen-bond acceptors (Lipinski definition) is 3. The number of aromatic nitrogens is 3. The summed E-state index contributed by atoms with van der Waals surface area (Å²) >= 11 is 0. The maximum atomic E-state index is 14.2. The first kappa shape index (κ1) is 9.58. The quantitative estimate of drug-likeness (QED) is 0.750. The standard InChI is InChI=1S/C9H15FN4/c1-14-8(12-7-13-14)5-9(10)3-2-4-11-6-9/h7,11H,2-6H2,1H3. The van der Waals surface area contributed by atoms with Crippen molar-refractivity contribution in [1.82, 2.24) is 20.1 Å². The first-order chi connectivity index (χ1) is 6.70. The highest BCUT2D eigenvalue weighted by molar-refractivity contribution is 4.97. The molecule has 1 unspecified atom stereocenters. The second kappa shape index (κ2) is 3.65. The Balaban J connectivity index is 2.05. The molecule has 0 saturated carbocycles. The lowest BCUT2D eigenvalue weighted by Crippen LogP contribution is -2.44. The van der Waals surface area contributed by atoms with E-state index in [-0.39, 0.29) is 0 Å². The van der Waals surface area contributed by atoms with Gasteiger partial charge in [-0.1, -0.05) is 0 Å². The number of alkyl halides is 1. The van der Waals surface area contributed by atoms with Crippen molar-refractivity contribution in [3.8, 4) is 0 Å². The lowest BCUT2D eigenvalue weighted by molar-refractivity contribution is 0.119. The number of nitrogens with one attached hydrogen (secondary N) is 1. The number of halogens is 1. The molecule has 1 atom stereocenters. The average Bonchev–Trinajstić information content (AvgIpc) is 2.52. The van der Waals surface area contributed by atoms with Crippen LogP contribution in [0.25, 0.3) is 0 Å². The van der Waals surface area contributed by atoms with Crippen LogP contribution in [0.2, 0.25) is 0 Å². The molecule has 1 aliphatic rings. The molecule has 0 aromatic carbocycles. The van der Waals surface area contributed by atoms with Crippen LogP contribution in [0.5, 0.6) is 0 Å². The molecule has 1 aromatic heterocycles. The predicted octanol–water partition coefficient (Wildman–Crippen LogP) is 0.449. The van der Waals surface area contributed by atoms with E-state index in [0.29, 0.717) is 19.4 Å². The number of piperidine rings is 1. The number of aryl methyl sites for hydroxylation is 1. The third-order valence-corrected chi connectivity index (χ3v) is 2.70. The van der Waals surface area contributed by atoms with Crippen LogP contribution in [-0.2, 0) is 13.5 Å². The third kappa shape index (κ3) is 1.92. The van der Waals surface area contributed by atoms with E-state index in [0.717, 1.165) is 18.8 Å². The first-order valence-corrected chi connectivity index (χ1v) is 4.92. The molecule has 0 aliphatic carbocycles. The summed E-state index contributed by atoms with van der Waals surface area (Å²) in [5.74, 6) is 0.719. The minimum Gasteiger partial charge on any atom is -0.314 e. The van der Waals surface area contributed by atoms with Crippen molar-refractivity contribution < 1.29 is 4.39 Å². The van der Waals surface area contributed by atoms with E-state index in [1.807, 2.05) is 0 Å². The van der Waals surface area contributed by atoms with Crippen LogP contribution >= 0.6 is 0 Å². The van der Waals surface area contributed by atoms with E-state index in [1.54, 1.807) is 11.7 Å². The predicted molar refractivity (Wildman–Crippen MR) is 50.6 cm³/mol. The highest BCUT2D eigenvalue weighted by atomic mass is 19.1. The lowest BCUT2D eigenvalue weighted by Gasteiger charge is -2.29. The van der Waals surface area contributed by atoms with Crippen molar-refractivity contribution >= 4 is 0 Å². The lowest BCUT2D eigenvalue weighted by atomic mass is 9.92. The molecule has 5 heteroatoms. The minimum absolute atomic E-state index is 0.358. The fraction of sp³-hybridized carbons (Fsp3) is 0.778. The number of nitrogens with zero attached hydrogens (tertiary/aromatic N) is 3. The molecule has 0 spiro atoms. The molecule has 4 nitrogen and oxygen atoms in total. The molecule has 1 fully saturated rings. The van der Waals surface area contributed by atoms with Crippen molar-refractivity contribution in [2.45, 2.75) is 24.9 Å². The van der Waals surface area contributed by atoms with Crippen LogP contribution in [0.15, 0.2) is 6.33 Å². The van der Waals surface area contributed by atoms with Gasteiger partial charge in [-0.3, -0.25) is 4.68 Å². The van der Waals surface area contributed by atoms with Gasteiger partial charge >= 0.3 is 0 Å². The fourth-order valence-electron chi connectivity index (χ4n) is 1.85. The fourth-order valence-corrected chi connectivity index (χ4v) is 1.85. The summed E-state index contributed by atoms with van der Waals surface area (Å²) in [6, 6.07) is 0. The summed E-state index contributed by atoms with van der Waals surface area (Å²) in [4.78, 5) is 4.04. The van der Waals surface area contributed by atoms with Crippen molar-refractivity contribution in [1.29, 1.82) is 0 Å². The normalized spacial score (nSPS) is 27.9. The zero-order chi connectivity index (χ0) is 10.0. The van der Waals surface area contributed by atoms with Crippen molar-refractivity contribution in [2.24, 2.45) is 7.05 Å². The molecule has 1 saturated heterocycles. The van der Waals surface area contributed by atoms with Crippen LogP contribution in [0, 0.1) is 0 Å². The Morgan fingerprint density at radius 2 is 2.57 bits per heavy atom. The maximum Gasteiger partial charge on any atom is 0.138 e. The Kier molecular flexibility index (Phi) is 2.50. The zero-order valence-electron chi connectivity index (χ0n) is 8.33. The van der Waals surface area contributed by atoms with Gasteiger partial charge < -0.3 is 5.32 Å². The monoisotopic (exact) mass is 198 g/mol. The smallest absolute Gasteiger partial charge is 0.138 e. The summed E-state index contributed by atoms with van der Waals surface area (Å²) in [5, 5.41) is 7.01. The van der Waals surface area contributed by atoms with Gasteiger partial charge in [0.1, 0.15) is 17.8 Å². The molecule has 0 amide bonds. The van der Waals surface area contributed by atoms with Gasteiger partial charge in [0.2, 0.25) is 0 Å². The van der Waals surface area contributed by atoms with Crippen molar-refractivity contribution in [3.63, 3.8) is 0 Å². The summed E-state index contributed by atoms with van der Waals surface area (Å²) < 4.78 is 15.8. The molecule has 2 rings (SSSR count). The second-order valence-corrected chi connectivity index (χ2v) is 3.91. The molecule has 1 aromatic rings. The highest BCUT2D eigenvalue weighted by Gasteiger charge is 2.33. The van der Waals surface area contributed by atoms with E-state index < -0.39 is 5.67 Å². The van der Waals surface area contributed by atoms with Gasteiger partial charge in [-0.2, -0.15) is 5.10 Å². The van der Waals surface area contributed by atoms with Crippen LogP contribution in [0.4, 0.5) is 4.39 Å². The Morgan fingerprint density at radius 3 is 3.14 bits per heavy atom. The maximum absolute atomic E-state index is 14.2. The molecule has 0 radical (unpaired) electrons. The molecule has 1 N–H and O–H groups in total. The Labute approximate surface area is 82.5 Å². The van der Waals surface area contributed by atoms with E-state index >= 15 is 0 Å². The van der Waals surface area contributed by atoms with Crippen LogP contribution in [0.1, 0.15) is 18.7 Å². The van der Waals surface area contributed by atoms with Gasteiger partial charge in [0.25, 0.3) is 0 Å². The van der Waals surface area contributed by atoms with E-state index in [9.17, 15) is 4.39 Å². The first-order valence-electron chi connectivity index (χ1n) is 4.92. The highest BCUT2D eigenvalue weighted by Crippen LogP contribution is 2.24. The molecular formula is C9H15FN4. The number of rotatable bonds is 2. The average molecular weight is 198 g/mol. The van der Waals surface area contributed by atoms with Crippen LogP contribution in [-0.4, -0.2) is 33.5 Å². The topological polar surface area (TPSA) is 42.7 Å². The van der Waals surface area contributed by atoms with Crippen molar-refractivity contribution in [2.75, 3.05) is 13.1 Å². The summed E-state index contributed by atoms with van der Waals surface area (Å²) in [5.41, 5.74) is -1.14. The molecule has 0 bridgehead atoms. The Hall–Kier alpha value is -0.970. The van der Waals surface area contributed by atoms with E-state index in [4.69, 9.17) is 0 Å². The Morgan fingerprint density at radius 1 is 1.71 bits per heavy atom. The molecular weight excluding hydrogens is 183 g/mol. The molecule has 2 heterocycles. The van der Waals surface area contributed by atoms with Gasteiger partial charge in [0.15, 0.2) is 0 Å². The third-order valence-electron chi connectivity index (χ3n) is 2.70. The van der Waals surface area contributed by atoms with Gasteiger partial charge in [-0.25, -0.2) is 9.37 Å². The zero-order valence-corrected chi connectivity index (χ0v) is 8.33. The van der Waals surface area contributed by atoms with Gasteiger partial charge in [-0.05, 0) is 19.4 Å². The van der Waals surface area contributed by atoms with Gasteiger partial charge in [0.05, 0.1) is 0 Å². The summed E-state index contributed by atoms with van der Waals surface area (Å²) in [6.07, 6.45) is 3.34.